The van der Waals surface area contributed by atoms with Crippen molar-refractivity contribution in [2.75, 3.05) is 6.61 Å². The minimum Gasteiger partial charge on any atom is -0.396 e. The van der Waals surface area contributed by atoms with E-state index in [1.165, 1.54) is 240 Å². The molecular weight excluding hydrogens is 1280 g/mol. The lowest BCUT2D eigenvalue weighted by Crippen LogP contribution is -1.97. The summed E-state index contributed by atoms with van der Waals surface area (Å²) >= 11 is 0. The molecule has 598 valence electrons. The van der Waals surface area contributed by atoms with E-state index >= 15 is 0 Å². The van der Waals surface area contributed by atoms with Gasteiger partial charge in [0.15, 0.2) is 0 Å². The average molecular weight is 1450 g/mol. The molecule has 0 rings (SSSR count). The van der Waals surface area contributed by atoms with Gasteiger partial charge in [0.2, 0.25) is 0 Å². The second-order valence-electron chi connectivity index (χ2n) is 33.7. The summed E-state index contributed by atoms with van der Waals surface area (Å²) in [4.78, 5) is 0. The van der Waals surface area contributed by atoms with E-state index in [1.807, 2.05) is 0 Å². The quantitative estimate of drug-likeness (QED) is 0.0602. The molecule has 106 heavy (non-hydrogen) atoms. The summed E-state index contributed by atoms with van der Waals surface area (Å²) in [5.74, 6) is 0.610. The van der Waals surface area contributed by atoms with Crippen LogP contribution in [-0.2, 0) is 0 Å². The van der Waals surface area contributed by atoms with Crippen LogP contribution >= 0.6 is 0 Å². The van der Waals surface area contributed by atoms with Crippen LogP contribution in [0.25, 0.3) is 0 Å². The molecule has 0 saturated carbocycles. The van der Waals surface area contributed by atoms with Crippen molar-refractivity contribution in [2.45, 2.75) is 416 Å². The van der Waals surface area contributed by atoms with Gasteiger partial charge in [0.25, 0.3) is 0 Å². The zero-order valence-corrected chi connectivity index (χ0v) is 74.3. The van der Waals surface area contributed by atoms with E-state index in [0.29, 0.717) is 12.5 Å². The molecule has 0 radical (unpaired) electrons. The molecule has 0 amide bonds. The van der Waals surface area contributed by atoms with Gasteiger partial charge in [0.05, 0.1) is 0 Å². The third kappa shape index (κ3) is 68.1. The van der Waals surface area contributed by atoms with E-state index in [1.54, 1.807) is 0 Å². The molecule has 0 heterocycles. The van der Waals surface area contributed by atoms with E-state index in [-0.39, 0.29) is 0 Å². The van der Waals surface area contributed by atoms with Crippen molar-refractivity contribution in [1.82, 2.24) is 0 Å². The van der Waals surface area contributed by atoms with Gasteiger partial charge in [-0.15, -0.1) is 0 Å². The lowest BCUT2D eigenvalue weighted by Gasteiger charge is -2.07. The molecule has 1 N–H and O–H groups in total. The number of rotatable bonds is 62. The zero-order valence-electron chi connectivity index (χ0n) is 74.3. The third-order valence-corrected chi connectivity index (χ3v) is 21.4. The van der Waals surface area contributed by atoms with Gasteiger partial charge in [0, 0.05) is 6.61 Å². The molecule has 0 aromatic carbocycles. The Kier molecular flexibility index (Phi) is 64.5. The highest BCUT2D eigenvalue weighted by molar-refractivity contribution is 5.16. The largest absolute Gasteiger partial charge is 0.396 e. The Morgan fingerprint density at radius 2 is 0.264 bits per heavy atom. The molecular formula is C105H172O. The highest BCUT2D eigenvalue weighted by Gasteiger charge is 2.04. The van der Waals surface area contributed by atoms with Crippen LogP contribution in [0.2, 0.25) is 0 Å². The van der Waals surface area contributed by atoms with Crippen LogP contribution in [-0.4, -0.2) is 11.7 Å². The molecule has 1 atom stereocenters. The predicted molar refractivity (Wildman–Crippen MR) is 486 cm³/mol. The van der Waals surface area contributed by atoms with Gasteiger partial charge < -0.3 is 5.11 Å². The van der Waals surface area contributed by atoms with Crippen molar-refractivity contribution >= 4 is 0 Å². The fourth-order valence-corrected chi connectivity index (χ4v) is 13.3. The van der Waals surface area contributed by atoms with E-state index < -0.39 is 0 Å². The molecule has 0 aliphatic carbocycles. The van der Waals surface area contributed by atoms with E-state index in [9.17, 15) is 0 Å². The van der Waals surface area contributed by atoms with Crippen LogP contribution in [0.1, 0.15) is 416 Å². The maximum Gasteiger partial charge on any atom is 0.0433 e. The fraction of sp³-hybridized carbons (Fsp3) is 0.619. The first kappa shape index (κ1) is 101. The molecule has 0 bridgehead atoms. The van der Waals surface area contributed by atoms with Gasteiger partial charge >= 0.3 is 0 Å². The van der Waals surface area contributed by atoms with Gasteiger partial charge in [-0.1, -0.05) is 240 Å². The smallest absolute Gasteiger partial charge is 0.0433 e. The van der Waals surface area contributed by atoms with Crippen molar-refractivity contribution in [1.29, 1.82) is 0 Å². The number of aliphatic hydroxyl groups is 1. The fourth-order valence-electron chi connectivity index (χ4n) is 13.3. The molecule has 0 aromatic rings. The van der Waals surface area contributed by atoms with Crippen LogP contribution < -0.4 is 0 Å². The van der Waals surface area contributed by atoms with Gasteiger partial charge in [0.1, 0.15) is 0 Å². The van der Waals surface area contributed by atoms with Crippen LogP contribution in [0.15, 0.2) is 233 Å². The summed E-state index contributed by atoms with van der Waals surface area (Å²) < 4.78 is 0. The summed E-state index contributed by atoms with van der Waals surface area (Å²) in [5, 5.41) is 9.12. The molecule has 0 aliphatic rings. The summed E-state index contributed by atoms with van der Waals surface area (Å²) in [6, 6.07) is 0. The van der Waals surface area contributed by atoms with Crippen molar-refractivity contribution in [3.05, 3.63) is 233 Å². The van der Waals surface area contributed by atoms with E-state index in [2.05, 4.69) is 274 Å². The first-order chi connectivity index (χ1) is 50.6. The van der Waals surface area contributed by atoms with Crippen molar-refractivity contribution < 1.29 is 5.11 Å². The number of hydrogen-bond acceptors (Lipinski definition) is 1. The standard InChI is InChI=1S/C105H172O/c1-85(2)43-23-44-86(3)45-24-46-87(4)47-25-48-88(5)49-26-50-89(6)51-27-52-90(7)53-28-54-91(8)55-29-56-92(9)57-30-58-93(10)59-31-60-94(11)61-32-62-95(12)63-33-64-96(13)65-34-66-97(14)67-35-68-98(15)69-36-70-99(16)71-37-72-100(17)73-38-74-101(18)75-39-76-102(19)77-40-78-103(20)79-41-80-104(21)81-42-82-105(22)83-84-106/h43,45,47,49,51,53,55,57,59,61,63,65,67,69,71,73,75,77,79,81,105-106H,23-42,44,46,48,50,52,54,56,58,60,62,64,66,68,70,72,74,76,78,80,82-84H2,1-22H3/b86-45+,87-47+,88-49-,89-51-,90-53-,91-55-,92-57-,93-59-,94-61-,95-63-,96-65-,97-67-,98-69-,99-71-,100-73-,101-75-,102-77-,103-79-,104-81-. The average Bonchev–Trinajstić information content (AvgIpc) is 1.25. The maximum atomic E-state index is 9.12. The summed E-state index contributed by atoms with van der Waals surface area (Å²) in [5.41, 5.74) is 30.4. The van der Waals surface area contributed by atoms with Gasteiger partial charge in [-0.2, -0.15) is 0 Å². The Bertz CT molecular complexity index is 3030. The SMILES string of the molecule is CC(C)=CCC/C(C)=C/CC/C(C)=C/CC/C(C)=C\CC/C(C)=C\CC/C(C)=C\CC/C(C)=C\CC/C(C)=C\CC/C(C)=C\CC/C(C)=C\CC/C(C)=C\CC/C(C)=C\CC/C(C)=C\CC/C(C)=C\CC/C(C)=C\CC/C(C)=C\CC/C(C)=C\CC/C(C)=C\CC/C(C)=C\CC/C(C)=C\CCC(C)CCO. The van der Waals surface area contributed by atoms with Crippen LogP contribution in [0.5, 0.6) is 0 Å². The van der Waals surface area contributed by atoms with Crippen LogP contribution in [0.3, 0.4) is 0 Å². The summed E-state index contributed by atoms with van der Waals surface area (Å²) in [6.07, 6.45) is 96.6. The monoisotopic (exact) mass is 1450 g/mol. The minimum absolute atomic E-state index is 0.308. The van der Waals surface area contributed by atoms with Crippen LogP contribution in [0, 0.1) is 5.92 Å². The minimum atomic E-state index is 0.308. The molecule has 1 heteroatoms. The van der Waals surface area contributed by atoms with Crippen LogP contribution in [0.4, 0.5) is 0 Å². The summed E-state index contributed by atoms with van der Waals surface area (Å²) in [6.45, 7) is 50.9. The van der Waals surface area contributed by atoms with E-state index in [0.717, 1.165) is 135 Å². The molecule has 1 unspecified atom stereocenters. The van der Waals surface area contributed by atoms with E-state index in [4.69, 9.17) is 5.11 Å². The van der Waals surface area contributed by atoms with Gasteiger partial charge in [-0.05, 0) is 415 Å². The lowest BCUT2D eigenvalue weighted by molar-refractivity contribution is 0.259. The zero-order chi connectivity index (χ0) is 79.0. The van der Waals surface area contributed by atoms with Crippen molar-refractivity contribution in [3.8, 4) is 0 Å². The predicted octanol–water partition coefficient (Wildman–Crippen LogP) is 35.6. The Balaban J connectivity index is 4.36. The Labute approximate surface area is 662 Å². The second-order valence-corrected chi connectivity index (χ2v) is 33.7. The highest BCUT2D eigenvalue weighted by Crippen LogP contribution is 2.24. The molecule has 0 aromatic heterocycles. The maximum absolute atomic E-state index is 9.12. The number of hydrogen-bond donors (Lipinski definition) is 1. The summed E-state index contributed by atoms with van der Waals surface area (Å²) in [7, 11) is 0. The van der Waals surface area contributed by atoms with Crippen molar-refractivity contribution in [2.24, 2.45) is 5.92 Å². The van der Waals surface area contributed by atoms with Crippen molar-refractivity contribution in [3.63, 3.8) is 0 Å². The molecule has 0 spiro atoms. The van der Waals surface area contributed by atoms with Gasteiger partial charge in [-0.25, -0.2) is 0 Å². The lowest BCUT2D eigenvalue weighted by atomic mass is 10.0. The first-order valence-corrected chi connectivity index (χ1v) is 43.4. The molecule has 0 aliphatic heterocycles. The molecule has 0 fully saturated rings. The molecule has 0 saturated heterocycles. The Morgan fingerprint density at radius 1 is 0.160 bits per heavy atom. The Morgan fingerprint density at radius 3 is 0.368 bits per heavy atom. The second kappa shape index (κ2) is 67.8. The van der Waals surface area contributed by atoms with Gasteiger partial charge in [-0.3, -0.25) is 0 Å². The first-order valence-electron chi connectivity index (χ1n) is 43.4. The third-order valence-electron chi connectivity index (χ3n) is 21.4. The highest BCUT2D eigenvalue weighted by atomic mass is 16.3. The number of allylic oxidation sites excluding steroid dienone is 40. The normalized spacial score (nSPS) is 15.5. The molecule has 1 nitrogen and oxygen atoms in total. The Hall–Kier alpha value is -5.24. The topological polar surface area (TPSA) is 20.2 Å². The number of aliphatic hydroxyl groups excluding tert-OH is 1.